The summed E-state index contributed by atoms with van der Waals surface area (Å²) < 4.78 is 0. The van der Waals surface area contributed by atoms with Gasteiger partial charge in [-0.25, -0.2) is 0 Å². The Morgan fingerprint density at radius 1 is 1.19 bits per heavy atom. The third-order valence-electron chi connectivity index (χ3n) is 4.76. The van der Waals surface area contributed by atoms with Gasteiger partial charge in [-0.2, -0.15) is 0 Å². The van der Waals surface area contributed by atoms with E-state index in [1.165, 1.54) is 0 Å². The highest BCUT2D eigenvalue weighted by Crippen LogP contribution is 2.23. The number of hydrogen-bond acceptors (Lipinski definition) is 3. The molecule has 2 aromatic rings. The van der Waals surface area contributed by atoms with E-state index in [0.717, 1.165) is 24.2 Å². The minimum Gasteiger partial charge on any atom is -0.354 e. The first-order valence-corrected chi connectivity index (χ1v) is 9.59. The molecule has 0 aliphatic heterocycles. The number of carbonyl (C=O) groups is 1. The van der Waals surface area contributed by atoms with Gasteiger partial charge in [0.05, 0.1) is 5.92 Å². The van der Waals surface area contributed by atoms with Gasteiger partial charge >= 0.3 is 0 Å². The fourth-order valence-corrected chi connectivity index (χ4v) is 3.29. The quantitative estimate of drug-likeness (QED) is 0.724. The van der Waals surface area contributed by atoms with Crippen LogP contribution in [0.3, 0.4) is 0 Å². The molecule has 26 heavy (non-hydrogen) atoms. The van der Waals surface area contributed by atoms with Gasteiger partial charge in [0.15, 0.2) is 0 Å². The summed E-state index contributed by atoms with van der Waals surface area (Å²) in [6.07, 6.45) is 4.17. The highest BCUT2D eigenvalue weighted by molar-refractivity contribution is 6.30. The van der Waals surface area contributed by atoms with E-state index in [9.17, 15) is 4.79 Å². The number of carbonyl (C=O) groups excluding carboxylic acids is 1. The minimum absolute atomic E-state index is 0.0372. The summed E-state index contributed by atoms with van der Waals surface area (Å²) in [6.45, 7) is 9.01. The minimum atomic E-state index is -0.264. The van der Waals surface area contributed by atoms with Crippen molar-refractivity contribution < 1.29 is 4.79 Å². The second kappa shape index (κ2) is 10.3. The standard InChI is InChI=1S/C21H28ClN3O/c1-4-25(5-2)16(3)14-24-21(26)20(13-17-7-6-12-23-15-17)18-8-10-19(22)11-9-18/h6-12,15-16,20H,4-5,13-14H2,1-3H3,(H,24,26). The molecule has 0 saturated carbocycles. The normalized spacial score (nSPS) is 13.4. The lowest BCUT2D eigenvalue weighted by atomic mass is 9.91. The summed E-state index contributed by atoms with van der Waals surface area (Å²) >= 11 is 6.01. The molecule has 1 amide bonds. The van der Waals surface area contributed by atoms with Gasteiger partial charge in [0.25, 0.3) is 0 Å². The molecule has 0 bridgehead atoms. The Hall–Kier alpha value is -1.91. The van der Waals surface area contributed by atoms with Gasteiger partial charge in [-0.3, -0.25) is 14.7 Å². The smallest absolute Gasteiger partial charge is 0.227 e. The molecule has 0 fully saturated rings. The molecule has 0 radical (unpaired) electrons. The topological polar surface area (TPSA) is 45.2 Å². The number of amides is 1. The van der Waals surface area contributed by atoms with Crippen LogP contribution in [-0.2, 0) is 11.2 Å². The lowest BCUT2D eigenvalue weighted by Crippen LogP contribution is -2.43. The molecular formula is C21H28ClN3O. The number of aromatic nitrogens is 1. The van der Waals surface area contributed by atoms with Gasteiger partial charge in [0.2, 0.25) is 5.91 Å². The second-order valence-electron chi connectivity index (χ2n) is 6.48. The molecule has 1 aromatic carbocycles. The highest BCUT2D eigenvalue weighted by Gasteiger charge is 2.22. The van der Waals surface area contributed by atoms with Gasteiger partial charge in [-0.15, -0.1) is 0 Å². The fourth-order valence-electron chi connectivity index (χ4n) is 3.16. The van der Waals surface area contributed by atoms with Crippen LogP contribution in [0.1, 0.15) is 37.8 Å². The summed E-state index contributed by atoms with van der Waals surface area (Å²) in [5, 5.41) is 3.80. The van der Waals surface area contributed by atoms with Gasteiger partial charge in [0.1, 0.15) is 0 Å². The van der Waals surface area contributed by atoms with E-state index in [4.69, 9.17) is 11.6 Å². The van der Waals surface area contributed by atoms with Crippen molar-refractivity contribution in [3.05, 3.63) is 64.9 Å². The largest absolute Gasteiger partial charge is 0.354 e. The predicted octanol–water partition coefficient (Wildman–Crippen LogP) is 3.91. The Morgan fingerprint density at radius 3 is 2.46 bits per heavy atom. The maximum absolute atomic E-state index is 13.0. The molecule has 1 N–H and O–H groups in total. The second-order valence-corrected chi connectivity index (χ2v) is 6.92. The van der Waals surface area contributed by atoms with Crippen LogP contribution in [0.4, 0.5) is 0 Å². The number of nitrogens with zero attached hydrogens (tertiary/aromatic N) is 2. The Labute approximate surface area is 161 Å². The molecule has 1 aromatic heterocycles. The Morgan fingerprint density at radius 2 is 1.88 bits per heavy atom. The van der Waals surface area contributed by atoms with Gasteiger partial charge in [0, 0.05) is 30.0 Å². The van der Waals surface area contributed by atoms with E-state index < -0.39 is 0 Å². The molecule has 0 aliphatic rings. The number of hydrogen-bond donors (Lipinski definition) is 1. The van der Waals surface area contributed by atoms with Crippen molar-refractivity contribution in [2.24, 2.45) is 0 Å². The van der Waals surface area contributed by atoms with Crippen LogP contribution in [-0.4, -0.2) is 41.5 Å². The molecule has 0 aliphatic carbocycles. The van der Waals surface area contributed by atoms with Crippen molar-refractivity contribution in [1.82, 2.24) is 15.2 Å². The summed E-state index contributed by atoms with van der Waals surface area (Å²) in [7, 11) is 0. The van der Waals surface area contributed by atoms with Crippen LogP contribution in [0.5, 0.6) is 0 Å². The summed E-state index contributed by atoms with van der Waals surface area (Å²) in [5.41, 5.74) is 2.01. The predicted molar refractivity (Wildman–Crippen MR) is 108 cm³/mol. The van der Waals surface area contributed by atoms with Crippen LogP contribution >= 0.6 is 11.6 Å². The first-order valence-electron chi connectivity index (χ1n) is 9.21. The first-order chi connectivity index (χ1) is 12.5. The van der Waals surface area contributed by atoms with Gasteiger partial charge < -0.3 is 5.32 Å². The van der Waals surface area contributed by atoms with Crippen molar-refractivity contribution >= 4 is 17.5 Å². The van der Waals surface area contributed by atoms with Gasteiger partial charge in [-0.05, 0) is 55.8 Å². The number of halogens is 1. The molecular weight excluding hydrogens is 346 g/mol. The molecule has 0 saturated heterocycles. The third-order valence-corrected chi connectivity index (χ3v) is 5.01. The van der Waals surface area contributed by atoms with Crippen molar-refractivity contribution in [3.63, 3.8) is 0 Å². The van der Waals surface area contributed by atoms with E-state index in [0.29, 0.717) is 24.0 Å². The molecule has 140 valence electrons. The zero-order chi connectivity index (χ0) is 18.9. The van der Waals surface area contributed by atoms with E-state index in [1.54, 1.807) is 6.20 Å². The van der Waals surface area contributed by atoms with Crippen molar-refractivity contribution in [2.45, 2.75) is 39.2 Å². The van der Waals surface area contributed by atoms with Crippen LogP contribution in [0.2, 0.25) is 5.02 Å². The number of pyridine rings is 1. The maximum Gasteiger partial charge on any atom is 0.227 e. The molecule has 5 heteroatoms. The highest BCUT2D eigenvalue weighted by atomic mass is 35.5. The lowest BCUT2D eigenvalue weighted by molar-refractivity contribution is -0.122. The fraction of sp³-hybridized carbons (Fsp3) is 0.429. The average Bonchev–Trinajstić information content (AvgIpc) is 2.67. The monoisotopic (exact) mass is 373 g/mol. The average molecular weight is 374 g/mol. The number of rotatable bonds is 9. The lowest BCUT2D eigenvalue weighted by Gasteiger charge is -2.27. The Balaban J connectivity index is 2.12. The molecule has 2 unspecified atom stereocenters. The van der Waals surface area contributed by atoms with E-state index in [1.807, 2.05) is 42.6 Å². The van der Waals surface area contributed by atoms with E-state index >= 15 is 0 Å². The third kappa shape index (κ3) is 5.82. The number of benzene rings is 1. The molecule has 2 atom stereocenters. The molecule has 2 rings (SSSR count). The molecule has 4 nitrogen and oxygen atoms in total. The van der Waals surface area contributed by atoms with Crippen LogP contribution in [0.15, 0.2) is 48.8 Å². The van der Waals surface area contributed by atoms with Crippen LogP contribution < -0.4 is 5.32 Å². The summed E-state index contributed by atoms with van der Waals surface area (Å²) in [6, 6.07) is 11.7. The Kier molecular flexibility index (Phi) is 8.07. The summed E-state index contributed by atoms with van der Waals surface area (Å²) in [4.78, 5) is 19.5. The van der Waals surface area contributed by atoms with Crippen molar-refractivity contribution in [1.29, 1.82) is 0 Å². The van der Waals surface area contributed by atoms with E-state index in [2.05, 4.69) is 36.0 Å². The van der Waals surface area contributed by atoms with Crippen molar-refractivity contribution in [3.8, 4) is 0 Å². The molecule has 0 spiro atoms. The van der Waals surface area contributed by atoms with Crippen molar-refractivity contribution in [2.75, 3.05) is 19.6 Å². The van der Waals surface area contributed by atoms with Crippen LogP contribution in [0.25, 0.3) is 0 Å². The molecule has 1 heterocycles. The Bertz CT molecular complexity index is 671. The SMILES string of the molecule is CCN(CC)C(C)CNC(=O)C(Cc1cccnc1)c1ccc(Cl)cc1. The number of likely N-dealkylation sites (N-methyl/N-ethyl adjacent to an activating group) is 1. The first kappa shape index (κ1) is 20.4. The van der Waals surface area contributed by atoms with Crippen LogP contribution in [0, 0.1) is 0 Å². The number of nitrogens with one attached hydrogen (secondary N) is 1. The van der Waals surface area contributed by atoms with E-state index in [-0.39, 0.29) is 11.8 Å². The maximum atomic E-state index is 13.0. The van der Waals surface area contributed by atoms with Gasteiger partial charge in [-0.1, -0.05) is 43.6 Å². The summed E-state index contributed by atoms with van der Waals surface area (Å²) in [5.74, 6) is -0.226. The zero-order valence-corrected chi connectivity index (χ0v) is 16.5. The zero-order valence-electron chi connectivity index (χ0n) is 15.8.